The second-order valence-electron chi connectivity index (χ2n) is 5.01. The molecule has 0 amide bonds. The van der Waals surface area contributed by atoms with Crippen molar-refractivity contribution in [1.82, 2.24) is 10.3 Å². The van der Waals surface area contributed by atoms with Crippen LogP contribution in [0.2, 0.25) is 0 Å². The minimum absolute atomic E-state index is 0.139. The molecule has 0 spiro atoms. The Balaban J connectivity index is 1.74. The zero-order valence-electron chi connectivity index (χ0n) is 10.7. The molecule has 2 rings (SSSR count). The summed E-state index contributed by atoms with van der Waals surface area (Å²) in [6, 6.07) is 0. The Hall–Kier alpha value is -0.870. The Morgan fingerprint density at radius 2 is 2.41 bits per heavy atom. The van der Waals surface area contributed by atoms with Gasteiger partial charge in [0.2, 0.25) is 0 Å². The molecule has 1 fully saturated rings. The van der Waals surface area contributed by atoms with Crippen molar-refractivity contribution >= 4 is 0 Å². The van der Waals surface area contributed by atoms with Crippen molar-refractivity contribution in [2.45, 2.75) is 39.2 Å². The predicted octanol–water partition coefficient (Wildman–Crippen LogP) is 2.31. The smallest absolute Gasteiger partial charge is 0.195 e. The van der Waals surface area contributed by atoms with Crippen LogP contribution in [-0.4, -0.2) is 24.7 Å². The van der Waals surface area contributed by atoms with E-state index in [2.05, 4.69) is 24.1 Å². The number of rotatable bonds is 6. The lowest BCUT2D eigenvalue weighted by molar-refractivity contribution is 0.0925. The topological polar surface area (TPSA) is 47.3 Å². The standard InChI is InChI=1S/C13H22N2O2/c1-10(2)8-14-6-5-13-15-9-12(17-13)11-4-3-7-16-11/h9-11,14H,3-8H2,1-2H3. The van der Waals surface area contributed by atoms with Gasteiger partial charge < -0.3 is 14.5 Å². The first-order valence-corrected chi connectivity index (χ1v) is 6.52. The van der Waals surface area contributed by atoms with Crippen LogP contribution in [0.25, 0.3) is 0 Å². The second kappa shape index (κ2) is 6.17. The number of hydrogen-bond donors (Lipinski definition) is 1. The lowest BCUT2D eigenvalue weighted by atomic mass is 10.2. The lowest BCUT2D eigenvalue weighted by Gasteiger charge is -2.05. The van der Waals surface area contributed by atoms with E-state index in [-0.39, 0.29) is 6.10 Å². The Labute approximate surface area is 103 Å². The highest BCUT2D eigenvalue weighted by Crippen LogP contribution is 2.28. The molecule has 17 heavy (non-hydrogen) atoms. The van der Waals surface area contributed by atoms with Crippen molar-refractivity contribution in [3.63, 3.8) is 0 Å². The molecule has 1 aromatic rings. The minimum atomic E-state index is 0.139. The summed E-state index contributed by atoms with van der Waals surface area (Å²) in [5.74, 6) is 2.38. The van der Waals surface area contributed by atoms with Gasteiger partial charge in [0.1, 0.15) is 6.10 Å². The number of aromatic nitrogens is 1. The van der Waals surface area contributed by atoms with Gasteiger partial charge in [0.25, 0.3) is 0 Å². The van der Waals surface area contributed by atoms with Crippen molar-refractivity contribution < 1.29 is 9.15 Å². The van der Waals surface area contributed by atoms with E-state index >= 15 is 0 Å². The van der Waals surface area contributed by atoms with Gasteiger partial charge >= 0.3 is 0 Å². The number of nitrogens with zero attached hydrogens (tertiary/aromatic N) is 1. The maximum absolute atomic E-state index is 5.70. The quantitative estimate of drug-likeness (QED) is 0.773. The summed E-state index contributed by atoms with van der Waals surface area (Å²) in [4.78, 5) is 4.29. The first-order chi connectivity index (χ1) is 8.25. The first-order valence-electron chi connectivity index (χ1n) is 6.52. The average Bonchev–Trinajstić information content (AvgIpc) is 2.94. The number of hydrogen-bond acceptors (Lipinski definition) is 4. The SMILES string of the molecule is CC(C)CNCCc1ncc(C2CCCO2)o1. The number of oxazole rings is 1. The van der Waals surface area contributed by atoms with Gasteiger partial charge in [0.15, 0.2) is 11.7 Å². The molecule has 0 aromatic carbocycles. The van der Waals surface area contributed by atoms with Crippen molar-refractivity contribution in [1.29, 1.82) is 0 Å². The Bertz CT molecular complexity index is 330. The van der Waals surface area contributed by atoms with Crippen LogP contribution in [0.1, 0.15) is 44.4 Å². The first kappa shape index (κ1) is 12.6. The average molecular weight is 238 g/mol. The molecule has 0 radical (unpaired) electrons. The van der Waals surface area contributed by atoms with Crippen LogP contribution < -0.4 is 5.32 Å². The van der Waals surface area contributed by atoms with E-state index in [1.54, 1.807) is 0 Å². The summed E-state index contributed by atoms with van der Waals surface area (Å²) in [7, 11) is 0. The van der Waals surface area contributed by atoms with E-state index in [0.717, 1.165) is 50.6 Å². The molecule has 4 heteroatoms. The second-order valence-corrected chi connectivity index (χ2v) is 5.01. The molecule has 1 unspecified atom stereocenters. The van der Waals surface area contributed by atoms with Crippen molar-refractivity contribution in [3.05, 3.63) is 17.8 Å². The van der Waals surface area contributed by atoms with Crippen LogP contribution in [0.15, 0.2) is 10.6 Å². The highest BCUT2D eigenvalue weighted by atomic mass is 16.5. The fourth-order valence-corrected chi connectivity index (χ4v) is 1.98. The molecule has 0 saturated carbocycles. The molecule has 1 saturated heterocycles. The predicted molar refractivity (Wildman–Crippen MR) is 65.8 cm³/mol. The number of nitrogens with one attached hydrogen (secondary N) is 1. The number of ether oxygens (including phenoxy) is 1. The van der Waals surface area contributed by atoms with E-state index in [4.69, 9.17) is 9.15 Å². The summed E-state index contributed by atoms with van der Waals surface area (Å²) < 4.78 is 11.3. The largest absolute Gasteiger partial charge is 0.443 e. The van der Waals surface area contributed by atoms with Gasteiger partial charge in [0.05, 0.1) is 6.20 Å². The van der Waals surface area contributed by atoms with Crippen LogP contribution in [-0.2, 0) is 11.2 Å². The molecule has 1 atom stereocenters. The van der Waals surface area contributed by atoms with Gasteiger partial charge in [0, 0.05) is 19.6 Å². The van der Waals surface area contributed by atoms with Crippen molar-refractivity contribution in [3.8, 4) is 0 Å². The van der Waals surface area contributed by atoms with Gasteiger partial charge in [-0.2, -0.15) is 0 Å². The Morgan fingerprint density at radius 1 is 1.53 bits per heavy atom. The Morgan fingerprint density at radius 3 is 3.12 bits per heavy atom. The Kier molecular flexibility index (Phi) is 4.57. The molecule has 1 N–H and O–H groups in total. The summed E-state index contributed by atoms with van der Waals surface area (Å²) >= 11 is 0. The molecule has 1 aliphatic rings. The zero-order chi connectivity index (χ0) is 12.1. The molecular weight excluding hydrogens is 216 g/mol. The van der Waals surface area contributed by atoms with E-state index in [0.29, 0.717) is 5.92 Å². The van der Waals surface area contributed by atoms with Gasteiger partial charge in [-0.05, 0) is 25.3 Å². The van der Waals surface area contributed by atoms with Crippen LogP contribution in [0, 0.1) is 5.92 Å². The van der Waals surface area contributed by atoms with Gasteiger partial charge in [-0.3, -0.25) is 0 Å². The summed E-state index contributed by atoms with van der Waals surface area (Å²) in [6.45, 7) is 7.21. The summed E-state index contributed by atoms with van der Waals surface area (Å²) in [5.41, 5.74) is 0. The fraction of sp³-hybridized carbons (Fsp3) is 0.769. The van der Waals surface area contributed by atoms with Crippen LogP contribution in [0.4, 0.5) is 0 Å². The molecule has 2 heterocycles. The van der Waals surface area contributed by atoms with E-state index in [1.807, 2.05) is 6.20 Å². The van der Waals surface area contributed by atoms with Gasteiger partial charge in [-0.25, -0.2) is 4.98 Å². The maximum atomic E-state index is 5.70. The van der Waals surface area contributed by atoms with Crippen molar-refractivity contribution in [2.24, 2.45) is 5.92 Å². The minimum Gasteiger partial charge on any atom is -0.443 e. The summed E-state index contributed by atoms with van der Waals surface area (Å²) in [6.07, 6.45) is 4.98. The highest BCUT2D eigenvalue weighted by molar-refractivity contribution is 5.00. The zero-order valence-corrected chi connectivity index (χ0v) is 10.7. The normalized spacial score (nSPS) is 20.3. The molecule has 1 aromatic heterocycles. The van der Waals surface area contributed by atoms with Gasteiger partial charge in [-0.1, -0.05) is 13.8 Å². The maximum Gasteiger partial charge on any atom is 0.195 e. The van der Waals surface area contributed by atoms with Gasteiger partial charge in [-0.15, -0.1) is 0 Å². The van der Waals surface area contributed by atoms with Crippen molar-refractivity contribution in [2.75, 3.05) is 19.7 Å². The molecule has 1 aliphatic heterocycles. The van der Waals surface area contributed by atoms with E-state index in [1.165, 1.54) is 0 Å². The summed E-state index contributed by atoms with van der Waals surface area (Å²) in [5, 5.41) is 3.38. The van der Waals surface area contributed by atoms with Crippen LogP contribution >= 0.6 is 0 Å². The molecule has 4 nitrogen and oxygen atoms in total. The van der Waals surface area contributed by atoms with Crippen LogP contribution in [0.3, 0.4) is 0 Å². The third-order valence-electron chi connectivity index (χ3n) is 2.89. The fourth-order valence-electron chi connectivity index (χ4n) is 1.98. The molecular formula is C13H22N2O2. The van der Waals surface area contributed by atoms with E-state index < -0.39 is 0 Å². The third kappa shape index (κ3) is 3.82. The lowest BCUT2D eigenvalue weighted by Crippen LogP contribution is -2.22. The highest BCUT2D eigenvalue weighted by Gasteiger charge is 2.21. The molecule has 96 valence electrons. The third-order valence-corrected chi connectivity index (χ3v) is 2.89. The molecule has 0 aliphatic carbocycles. The molecule has 0 bridgehead atoms. The van der Waals surface area contributed by atoms with Crippen LogP contribution in [0.5, 0.6) is 0 Å². The van der Waals surface area contributed by atoms with E-state index in [9.17, 15) is 0 Å². The monoisotopic (exact) mass is 238 g/mol.